The molecule has 200 valence electrons. The lowest BCUT2D eigenvalue weighted by Gasteiger charge is -2.34. The summed E-state index contributed by atoms with van der Waals surface area (Å²) in [5.74, 6) is -1.83. The zero-order valence-corrected chi connectivity index (χ0v) is 22.7. The summed E-state index contributed by atoms with van der Waals surface area (Å²) >= 11 is 0. The molecule has 2 atom stereocenters. The van der Waals surface area contributed by atoms with Gasteiger partial charge < -0.3 is 26.0 Å². The van der Waals surface area contributed by atoms with Gasteiger partial charge in [-0.3, -0.25) is 14.4 Å². The van der Waals surface area contributed by atoms with E-state index in [0.717, 1.165) is 16.7 Å². The van der Waals surface area contributed by atoms with Crippen LogP contribution >= 0.6 is 0 Å². The second-order valence-electron chi connectivity index (χ2n) is 10.1. The molecule has 0 saturated carbocycles. The predicted octanol–water partition coefficient (Wildman–Crippen LogP) is 3.91. The van der Waals surface area contributed by atoms with Crippen molar-refractivity contribution in [3.8, 4) is 0 Å². The van der Waals surface area contributed by atoms with Crippen LogP contribution in [0.5, 0.6) is 0 Å². The molecule has 4 amide bonds. The van der Waals surface area contributed by atoms with Gasteiger partial charge in [-0.05, 0) is 71.2 Å². The lowest BCUT2D eigenvalue weighted by molar-refractivity contribution is -0.141. The fourth-order valence-electron chi connectivity index (χ4n) is 3.94. The molecule has 2 rings (SSSR count). The molecule has 9 heteroatoms. The minimum Gasteiger partial charge on any atom is -0.444 e. The Balaban J connectivity index is 2.53. The molecule has 0 aliphatic carbocycles. The molecule has 2 aromatic carbocycles. The number of nitrogens with zero attached hydrogens (tertiary/aromatic N) is 1. The first-order valence-electron chi connectivity index (χ1n) is 12.3. The number of rotatable bonds is 9. The first-order valence-corrected chi connectivity index (χ1v) is 12.3. The Morgan fingerprint density at radius 2 is 1.65 bits per heavy atom. The van der Waals surface area contributed by atoms with Crippen molar-refractivity contribution in [3.05, 3.63) is 64.7 Å². The number of carbonyl (C=O) groups is 4. The molecule has 0 aliphatic rings. The third-order valence-electron chi connectivity index (χ3n) is 5.71. The number of ether oxygens (including phenoxy) is 1. The number of primary amides is 1. The van der Waals surface area contributed by atoms with Crippen molar-refractivity contribution in [2.75, 3.05) is 11.9 Å². The summed E-state index contributed by atoms with van der Waals surface area (Å²) in [5, 5.41) is 5.40. The Hall–Kier alpha value is -3.88. The number of anilines is 1. The number of para-hydroxylation sites is 1. The average Bonchev–Trinajstić information content (AvgIpc) is 2.78. The molecule has 0 bridgehead atoms. The van der Waals surface area contributed by atoms with Crippen molar-refractivity contribution in [2.24, 2.45) is 5.73 Å². The Labute approximate surface area is 218 Å². The summed E-state index contributed by atoms with van der Waals surface area (Å²) in [4.78, 5) is 53.2. The Kier molecular flexibility index (Phi) is 9.82. The molecule has 0 spiro atoms. The van der Waals surface area contributed by atoms with Gasteiger partial charge in [-0.25, -0.2) is 4.79 Å². The second-order valence-corrected chi connectivity index (χ2v) is 10.1. The molecule has 9 nitrogen and oxygen atoms in total. The Morgan fingerprint density at radius 1 is 1.00 bits per heavy atom. The summed E-state index contributed by atoms with van der Waals surface area (Å²) in [6.45, 7) is 12.5. The lowest BCUT2D eigenvalue weighted by atomic mass is 9.95. The van der Waals surface area contributed by atoms with Crippen LogP contribution in [-0.4, -0.2) is 46.9 Å². The van der Waals surface area contributed by atoms with Crippen LogP contribution in [0.2, 0.25) is 0 Å². The van der Waals surface area contributed by atoms with Crippen LogP contribution in [0.15, 0.2) is 42.5 Å². The van der Waals surface area contributed by atoms with Crippen molar-refractivity contribution >= 4 is 29.5 Å². The number of nitrogens with one attached hydrogen (secondary N) is 2. The number of aryl methyl sites for hydroxylation is 3. The van der Waals surface area contributed by atoms with E-state index in [1.807, 2.05) is 57.2 Å². The third kappa shape index (κ3) is 8.34. The molecule has 2 unspecified atom stereocenters. The zero-order valence-electron chi connectivity index (χ0n) is 22.7. The van der Waals surface area contributed by atoms with Crippen molar-refractivity contribution in [1.82, 2.24) is 10.2 Å². The Bertz CT molecular complexity index is 1160. The van der Waals surface area contributed by atoms with Gasteiger partial charge in [0.2, 0.25) is 11.8 Å². The van der Waals surface area contributed by atoms with Crippen molar-refractivity contribution in [2.45, 2.75) is 72.6 Å². The highest BCUT2D eigenvalue weighted by molar-refractivity contribution is 6.00. The summed E-state index contributed by atoms with van der Waals surface area (Å²) in [6, 6.07) is 10.7. The molecule has 0 fully saturated rings. The number of hydrogen-bond donors (Lipinski definition) is 3. The molecule has 37 heavy (non-hydrogen) atoms. The normalized spacial score (nSPS) is 12.7. The van der Waals surface area contributed by atoms with Gasteiger partial charge in [0.15, 0.2) is 0 Å². The van der Waals surface area contributed by atoms with Crippen LogP contribution in [0.1, 0.15) is 62.4 Å². The van der Waals surface area contributed by atoms with Crippen LogP contribution in [0.25, 0.3) is 0 Å². The van der Waals surface area contributed by atoms with E-state index in [2.05, 4.69) is 10.6 Å². The fourth-order valence-corrected chi connectivity index (χ4v) is 3.94. The van der Waals surface area contributed by atoms with Crippen LogP contribution in [-0.2, 0) is 19.1 Å². The highest BCUT2D eigenvalue weighted by Crippen LogP contribution is 2.28. The smallest absolute Gasteiger partial charge is 0.408 e. The minimum absolute atomic E-state index is 0.128. The number of nitrogens with two attached hydrogens (primary N) is 1. The maximum absolute atomic E-state index is 13.8. The van der Waals surface area contributed by atoms with Crippen molar-refractivity contribution < 1.29 is 23.9 Å². The van der Waals surface area contributed by atoms with Gasteiger partial charge in [0, 0.05) is 12.2 Å². The van der Waals surface area contributed by atoms with E-state index in [4.69, 9.17) is 10.5 Å². The SMILES string of the molecule is CCN(C(=O)C(CC(N)=O)NC(=O)OC(C)(C)C)C(C(=O)Nc1ccccc1C)c1cc(C)ccc1C. The van der Waals surface area contributed by atoms with Gasteiger partial charge >= 0.3 is 6.09 Å². The molecular formula is C28H38N4O5. The molecule has 4 N–H and O–H groups in total. The number of amides is 4. The quantitative estimate of drug-likeness (QED) is 0.471. The highest BCUT2D eigenvalue weighted by Gasteiger charge is 2.37. The predicted molar refractivity (Wildman–Crippen MR) is 143 cm³/mol. The van der Waals surface area contributed by atoms with E-state index in [9.17, 15) is 19.2 Å². The first-order chi connectivity index (χ1) is 17.2. The summed E-state index contributed by atoms with van der Waals surface area (Å²) in [6.07, 6.45) is -1.32. The van der Waals surface area contributed by atoms with E-state index < -0.39 is 47.9 Å². The summed E-state index contributed by atoms with van der Waals surface area (Å²) in [5.41, 5.74) is 8.43. The highest BCUT2D eigenvalue weighted by atomic mass is 16.6. The topological polar surface area (TPSA) is 131 Å². The van der Waals surface area contributed by atoms with Crippen LogP contribution in [0.4, 0.5) is 10.5 Å². The first kappa shape index (κ1) is 29.4. The number of alkyl carbamates (subject to hydrolysis) is 1. The van der Waals surface area contributed by atoms with Crippen molar-refractivity contribution in [3.63, 3.8) is 0 Å². The molecule has 2 aromatic rings. The van der Waals surface area contributed by atoms with Crippen LogP contribution in [0.3, 0.4) is 0 Å². The van der Waals surface area contributed by atoms with Gasteiger partial charge in [-0.1, -0.05) is 42.0 Å². The maximum atomic E-state index is 13.8. The van der Waals surface area contributed by atoms with E-state index in [0.29, 0.717) is 11.3 Å². The lowest BCUT2D eigenvalue weighted by Crippen LogP contribution is -2.53. The summed E-state index contributed by atoms with van der Waals surface area (Å²) < 4.78 is 5.28. The minimum atomic E-state index is -1.31. The van der Waals surface area contributed by atoms with Gasteiger partial charge in [-0.15, -0.1) is 0 Å². The average molecular weight is 511 g/mol. The molecule has 0 saturated heterocycles. The molecule has 0 aromatic heterocycles. The Morgan fingerprint density at radius 3 is 2.22 bits per heavy atom. The second kappa shape index (κ2) is 12.4. The van der Waals surface area contributed by atoms with E-state index >= 15 is 0 Å². The van der Waals surface area contributed by atoms with Gasteiger partial charge in [0.05, 0.1) is 6.42 Å². The van der Waals surface area contributed by atoms with E-state index in [1.54, 1.807) is 33.8 Å². The summed E-state index contributed by atoms with van der Waals surface area (Å²) in [7, 11) is 0. The molecule has 0 heterocycles. The molecular weight excluding hydrogens is 472 g/mol. The van der Waals surface area contributed by atoms with Crippen LogP contribution < -0.4 is 16.4 Å². The van der Waals surface area contributed by atoms with Gasteiger partial charge in [-0.2, -0.15) is 0 Å². The zero-order chi connectivity index (χ0) is 27.9. The van der Waals surface area contributed by atoms with Crippen LogP contribution in [0, 0.1) is 20.8 Å². The largest absolute Gasteiger partial charge is 0.444 e. The number of hydrogen-bond acceptors (Lipinski definition) is 5. The van der Waals surface area contributed by atoms with Gasteiger partial charge in [0.1, 0.15) is 17.7 Å². The molecule has 0 radical (unpaired) electrons. The standard InChI is InChI=1S/C28H38N4O5/c1-8-32(26(35)22(16-23(29)33)31-27(36)37-28(5,6)7)24(20-15-17(2)13-14-18(20)3)25(34)30-21-12-10-9-11-19(21)4/h9-15,22,24H,8,16H2,1-7H3,(H2,29,33)(H,30,34)(H,31,36). The molecule has 0 aliphatic heterocycles. The maximum Gasteiger partial charge on any atom is 0.408 e. The monoisotopic (exact) mass is 510 g/mol. The van der Waals surface area contributed by atoms with E-state index in [-0.39, 0.29) is 6.54 Å². The third-order valence-corrected chi connectivity index (χ3v) is 5.71. The van der Waals surface area contributed by atoms with Gasteiger partial charge in [0.25, 0.3) is 5.91 Å². The number of benzene rings is 2. The fraction of sp³-hybridized carbons (Fsp3) is 0.429. The van der Waals surface area contributed by atoms with E-state index in [1.165, 1.54) is 4.90 Å². The number of likely N-dealkylation sites (N-methyl/N-ethyl adjacent to an activating group) is 1. The van der Waals surface area contributed by atoms with Crippen molar-refractivity contribution in [1.29, 1.82) is 0 Å². The number of carbonyl (C=O) groups excluding carboxylic acids is 4.